The maximum atomic E-state index is 6.20. The lowest BCUT2D eigenvalue weighted by Gasteiger charge is -2.20. The van der Waals surface area contributed by atoms with Crippen LogP contribution in [-0.4, -0.2) is 24.7 Å². The Labute approximate surface area is 181 Å². The van der Waals surface area contributed by atoms with E-state index in [1.807, 2.05) is 19.1 Å². The van der Waals surface area contributed by atoms with Crippen molar-refractivity contribution in [2.24, 2.45) is 5.73 Å². The molecule has 0 bridgehead atoms. The fourth-order valence-electron chi connectivity index (χ4n) is 3.22. The molecule has 1 aromatic heterocycles. The van der Waals surface area contributed by atoms with E-state index in [1.165, 1.54) is 0 Å². The zero-order valence-electron chi connectivity index (χ0n) is 16.8. The van der Waals surface area contributed by atoms with Crippen LogP contribution in [0.4, 0.5) is 5.69 Å². The number of hydrogen-bond acceptors (Lipinski definition) is 5. The van der Waals surface area contributed by atoms with Crippen LogP contribution >= 0.6 is 23.2 Å². The number of nitrogens with zero attached hydrogens (tertiary/aromatic N) is 1. The molecule has 0 aliphatic heterocycles. The molecule has 2 aromatic carbocycles. The van der Waals surface area contributed by atoms with Gasteiger partial charge in [0.25, 0.3) is 0 Å². The van der Waals surface area contributed by atoms with Crippen molar-refractivity contribution in [2.45, 2.75) is 32.7 Å². The summed E-state index contributed by atoms with van der Waals surface area (Å²) < 4.78 is 11.9. The number of pyridine rings is 1. The molecule has 7 heteroatoms. The minimum absolute atomic E-state index is 0.246. The van der Waals surface area contributed by atoms with Crippen molar-refractivity contribution in [1.82, 2.24) is 4.98 Å². The van der Waals surface area contributed by atoms with Gasteiger partial charge in [0.15, 0.2) is 11.5 Å². The van der Waals surface area contributed by atoms with Gasteiger partial charge in [-0.3, -0.25) is 4.98 Å². The van der Waals surface area contributed by atoms with E-state index in [2.05, 4.69) is 17.2 Å². The largest absolute Gasteiger partial charge is 0.493 e. The summed E-state index contributed by atoms with van der Waals surface area (Å²) in [5.41, 5.74) is 8.39. The summed E-state index contributed by atoms with van der Waals surface area (Å²) >= 11 is 12.2. The first kappa shape index (κ1) is 21.5. The third-order valence-corrected chi connectivity index (χ3v) is 5.45. The number of halogens is 2. The second-order valence-corrected chi connectivity index (χ2v) is 7.78. The van der Waals surface area contributed by atoms with Crippen LogP contribution in [0.5, 0.6) is 17.2 Å². The lowest BCUT2D eigenvalue weighted by molar-refractivity contribution is 0.381. The Hall–Kier alpha value is -2.21. The minimum atomic E-state index is 0.246. The molecule has 0 spiro atoms. The van der Waals surface area contributed by atoms with Crippen molar-refractivity contribution in [3.05, 3.63) is 52.1 Å². The molecule has 5 nitrogen and oxygen atoms in total. The summed E-state index contributed by atoms with van der Waals surface area (Å²) in [5.74, 6) is 1.76. The fraction of sp³-hybridized carbons (Fsp3) is 0.318. The predicted octanol–water partition coefficient (Wildman–Crippen LogP) is 6.19. The van der Waals surface area contributed by atoms with Gasteiger partial charge >= 0.3 is 0 Å². The van der Waals surface area contributed by atoms with Crippen molar-refractivity contribution < 1.29 is 9.47 Å². The van der Waals surface area contributed by atoms with E-state index in [0.717, 1.165) is 35.0 Å². The number of methoxy groups -OCH3 is 1. The van der Waals surface area contributed by atoms with Crippen LogP contribution in [0.25, 0.3) is 10.9 Å². The quantitative estimate of drug-likeness (QED) is 0.442. The molecule has 0 aliphatic rings. The summed E-state index contributed by atoms with van der Waals surface area (Å²) in [4.78, 5) is 4.61. The first-order valence-electron chi connectivity index (χ1n) is 9.50. The fourth-order valence-corrected chi connectivity index (χ4v) is 3.51. The van der Waals surface area contributed by atoms with Crippen molar-refractivity contribution in [2.75, 3.05) is 19.0 Å². The Morgan fingerprint density at radius 3 is 2.66 bits per heavy atom. The highest BCUT2D eigenvalue weighted by Crippen LogP contribution is 2.44. The van der Waals surface area contributed by atoms with Crippen molar-refractivity contribution in [1.29, 1.82) is 0 Å². The Morgan fingerprint density at radius 1 is 1.17 bits per heavy atom. The van der Waals surface area contributed by atoms with Crippen molar-refractivity contribution >= 4 is 39.8 Å². The van der Waals surface area contributed by atoms with Gasteiger partial charge in [-0.25, -0.2) is 0 Å². The second kappa shape index (κ2) is 9.53. The van der Waals surface area contributed by atoms with E-state index in [1.54, 1.807) is 31.5 Å². The van der Waals surface area contributed by atoms with Crippen LogP contribution in [0.1, 0.15) is 25.3 Å². The average molecular weight is 434 g/mol. The highest BCUT2D eigenvalue weighted by atomic mass is 35.5. The minimum Gasteiger partial charge on any atom is -0.493 e. The standard InChI is InChI=1S/C22H25Cl2N3O2/c1-13-8-10-26-21-18(27-14(2)5-4-9-25)12-19(28-3)22(20(13)21)29-15-6-7-16(23)17(24)11-15/h6-8,10-12,14,27H,4-5,9,25H2,1-3H3/t14-/m1/s1. The van der Waals surface area contributed by atoms with E-state index < -0.39 is 0 Å². The topological polar surface area (TPSA) is 69.4 Å². The van der Waals surface area contributed by atoms with Crippen LogP contribution in [0.3, 0.4) is 0 Å². The Morgan fingerprint density at radius 2 is 1.97 bits per heavy atom. The Bertz CT molecular complexity index is 1010. The van der Waals surface area contributed by atoms with Crippen LogP contribution in [0.15, 0.2) is 36.5 Å². The molecule has 3 N–H and O–H groups in total. The monoisotopic (exact) mass is 433 g/mol. The van der Waals surface area contributed by atoms with Gasteiger partial charge in [0.05, 0.1) is 33.7 Å². The van der Waals surface area contributed by atoms with Gasteiger partial charge in [-0.05, 0) is 57.0 Å². The summed E-state index contributed by atoms with van der Waals surface area (Å²) in [6.07, 6.45) is 3.71. The normalized spacial score (nSPS) is 12.1. The van der Waals surface area contributed by atoms with Gasteiger partial charge in [0, 0.05) is 24.4 Å². The number of rotatable bonds is 8. The number of ether oxygens (including phenoxy) is 2. The molecule has 0 saturated carbocycles. The van der Waals surface area contributed by atoms with Crippen LogP contribution < -0.4 is 20.5 Å². The van der Waals surface area contributed by atoms with E-state index in [9.17, 15) is 0 Å². The van der Waals surface area contributed by atoms with Crippen LogP contribution in [0, 0.1) is 6.92 Å². The molecule has 0 aliphatic carbocycles. The molecule has 0 radical (unpaired) electrons. The van der Waals surface area contributed by atoms with E-state index in [-0.39, 0.29) is 6.04 Å². The summed E-state index contributed by atoms with van der Waals surface area (Å²) in [5, 5.41) is 5.32. The number of aryl methyl sites for hydroxylation is 1. The zero-order valence-corrected chi connectivity index (χ0v) is 18.3. The molecule has 3 rings (SSSR count). The molecular weight excluding hydrogens is 409 g/mol. The molecule has 29 heavy (non-hydrogen) atoms. The number of benzene rings is 2. The van der Waals surface area contributed by atoms with Crippen molar-refractivity contribution in [3.63, 3.8) is 0 Å². The first-order chi connectivity index (χ1) is 13.9. The number of hydrogen-bond donors (Lipinski definition) is 2. The molecule has 0 unspecified atom stereocenters. The third-order valence-electron chi connectivity index (χ3n) is 4.71. The molecule has 154 valence electrons. The molecule has 0 amide bonds. The first-order valence-corrected chi connectivity index (χ1v) is 10.3. The van der Waals surface area contributed by atoms with Gasteiger partial charge in [-0.15, -0.1) is 0 Å². The SMILES string of the molecule is COc1cc(N[C@H](C)CCCN)c2nccc(C)c2c1Oc1ccc(Cl)c(Cl)c1. The Balaban J connectivity index is 2.10. The number of fused-ring (bicyclic) bond motifs is 1. The average Bonchev–Trinajstić information content (AvgIpc) is 2.70. The maximum absolute atomic E-state index is 6.20. The molecule has 1 heterocycles. The molecule has 0 saturated heterocycles. The van der Waals surface area contributed by atoms with E-state index in [4.69, 9.17) is 38.4 Å². The lowest BCUT2D eigenvalue weighted by Crippen LogP contribution is -2.17. The Kier molecular flexibility index (Phi) is 7.06. The van der Waals surface area contributed by atoms with Gasteiger partial charge in [0.1, 0.15) is 5.75 Å². The molecule has 3 aromatic rings. The van der Waals surface area contributed by atoms with Crippen LogP contribution in [0.2, 0.25) is 10.0 Å². The number of anilines is 1. The number of aromatic nitrogens is 1. The van der Waals surface area contributed by atoms with Gasteiger partial charge in [0.2, 0.25) is 0 Å². The molecule has 1 atom stereocenters. The van der Waals surface area contributed by atoms with E-state index in [0.29, 0.717) is 33.8 Å². The highest BCUT2D eigenvalue weighted by molar-refractivity contribution is 6.42. The van der Waals surface area contributed by atoms with Crippen molar-refractivity contribution in [3.8, 4) is 17.2 Å². The number of nitrogens with one attached hydrogen (secondary N) is 1. The highest BCUT2D eigenvalue weighted by Gasteiger charge is 2.19. The maximum Gasteiger partial charge on any atom is 0.179 e. The smallest absolute Gasteiger partial charge is 0.179 e. The van der Waals surface area contributed by atoms with Gasteiger partial charge < -0.3 is 20.5 Å². The summed E-state index contributed by atoms with van der Waals surface area (Å²) in [6.45, 7) is 4.82. The lowest BCUT2D eigenvalue weighted by atomic mass is 10.1. The van der Waals surface area contributed by atoms with Gasteiger partial charge in [-0.1, -0.05) is 23.2 Å². The van der Waals surface area contributed by atoms with Crippen LogP contribution in [-0.2, 0) is 0 Å². The molecule has 0 fully saturated rings. The molecular formula is C22H25Cl2N3O2. The van der Waals surface area contributed by atoms with Gasteiger partial charge in [-0.2, -0.15) is 0 Å². The van der Waals surface area contributed by atoms with E-state index >= 15 is 0 Å². The summed E-state index contributed by atoms with van der Waals surface area (Å²) in [7, 11) is 1.62. The zero-order chi connectivity index (χ0) is 21.0. The summed E-state index contributed by atoms with van der Waals surface area (Å²) in [6, 6.07) is 9.27. The predicted molar refractivity (Wildman–Crippen MR) is 121 cm³/mol. The number of nitrogens with two attached hydrogens (primary N) is 1. The third kappa shape index (κ3) is 4.86. The second-order valence-electron chi connectivity index (χ2n) is 6.96.